The van der Waals surface area contributed by atoms with Gasteiger partial charge >= 0.3 is 0 Å². The van der Waals surface area contributed by atoms with Crippen molar-refractivity contribution in [1.29, 1.82) is 0 Å². The quantitative estimate of drug-likeness (QED) is 0.439. The predicted molar refractivity (Wildman–Crippen MR) is 100.0 cm³/mol. The van der Waals surface area contributed by atoms with Gasteiger partial charge in [-0.3, -0.25) is 9.78 Å². The fourth-order valence-electron chi connectivity index (χ4n) is 2.93. The molecule has 0 unspecified atom stereocenters. The predicted octanol–water partition coefficient (Wildman–Crippen LogP) is 4.62. The summed E-state index contributed by atoms with van der Waals surface area (Å²) in [5.41, 5.74) is 3.13. The molecule has 4 rings (SSSR count). The summed E-state index contributed by atoms with van der Waals surface area (Å²) >= 11 is 0. The number of aromatic nitrogens is 2. The Morgan fingerprint density at radius 3 is 2.64 bits per heavy atom. The minimum absolute atomic E-state index is 0.132. The molecule has 0 bridgehead atoms. The molecule has 0 aliphatic rings. The van der Waals surface area contributed by atoms with Crippen molar-refractivity contribution in [1.82, 2.24) is 9.97 Å². The number of carbonyl (C=O) groups excluding carboxylic acids is 1. The number of ether oxygens (including phenoxy) is 1. The van der Waals surface area contributed by atoms with Gasteiger partial charge in [-0.25, -0.2) is 0 Å². The molecule has 0 amide bonds. The number of ketones is 1. The molecule has 2 heterocycles. The topological polar surface area (TPSA) is 55.0 Å². The fourth-order valence-corrected chi connectivity index (χ4v) is 2.93. The lowest BCUT2D eigenvalue weighted by Crippen LogP contribution is -1.99. The molecule has 1 N–H and O–H groups in total. The van der Waals surface area contributed by atoms with E-state index in [0.29, 0.717) is 5.69 Å². The zero-order chi connectivity index (χ0) is 17.2. The van der Waals surface area contributed by atoms with Gasteiger partial charge in [0.25, 0.3) is 0 Å². The highest BCUT2D eigenvalue weighted by Crippen LogP contribution is 2.26. The molecule has 4 nitrogen and oxygen atoms in total. The molecule has 122 valence electrons. The standard InChI is InChI=1S/C21H16N2O2/c1-25-15-9-6-14(7-10-15)8-11-19(24)21-20-17(12-13-22-21)16-4-2-3-5-18(16)23-20/h2-13,23H,1H3/b11-8+. The van der Waals surface area contributed by atoms with E-state index in [1.165, 1.54) is 0 Å². The first-order valence-corrected chi connectivity index (χ1v) is 7.98. The molecule has 0 saturated carbocycles. The van der Waals surface area contributed by atoms with Crippen LogP contribution in [-0.4, -0.2) is 22.9 Å². The van der Waals surface area contributed by atoms with Crippen LogP contribution in [-0.2, 0) is 0 Å². The smallest absolute Gasteiger partial charge is 0.206 e. The molecular weight excluding hydrogens is 312 g/mol. The Morgan fingerprint density at radius 1 is 1.04 bits per heavy atom. The summed E-state index contributed by atoms with van der Waals surface area (Å²) in [4.78, 5) is 20.2. The number of nitrogens with one attached hydrogen (secondary N) is 1. The van der Waals surface area contributed by atoms with Gasteiger partial charge in [-0.15, -0.1) is 0 Å². The van der Waals surface area contributed by atoms with Gasteiger partial charge in [0.15, 0.2) is 0 Å². The Labute approximate surface area is 144 Å². The van der Waals surface area contributed by atoms with Crippen LogP contribution in [0.5, 0.6) is 5.75 Å². The van der Waals surface area contributed by atoms with Crippen LogP contribution in [0.15, 0.2) is 66.9 Å². The van der Waals surface area contributed by atoms with E-state index < -0.39 is 0 Å². The lowest BCUT2D eigenvalue weighted by atomic mass is 10.1. The average molecular weight is 328 g/mol. The number of fused-ring (bicyclic) bond motifs is 3. The summed E-state index contributed by atoms with van der Waals surface area (Å²) in [5, 5.41) is 2.10. The van der Waals surface area contributed by atoms with Gasteiger partial charge in [-0.1, -0.05) is 36.4 Å². The van der Waals surface area contributed by atoms with Gasteiger partial charge in [-0.2, -0.15) is 0 Å². The maximum atomic E-state index is 12.6. The maximum absolute atomic E-state index is 12.6. The van der Waals surface area contributed by atoms with Crippen LogP contribution in [0.3, 0.4) is 0 Å². The summed E-state index contributed by atoms with van der Waals surface area (Å²) in [6, 6.07) is 17.4. The molecule has 0 spiro atoms. The zero-order valence-corrected chi connectivity index (χ0v) is 13.7. The molecule has 0 radical (unpaired) electrons. The Balaban J connectivity index is 1.70. The molecule has 4 aromatic rings. The van der Waals surface area contributed by atoms with Crippen LogP contribution < -0.4 is 4.74 Å². The van der Waals surface area contributed by atoms with Crippen molar-refractivity contribution >= 4 is 33.7 Å². The van der Waals surface area contributed by atoms with Gasteiger partial charge in [0.05, 0.1) is 12.6 Å². The highest BCUT2D eigenvalue weighted by Gasteiger charge is 2.13. The number of carbonyl (C=O) groups is 1. The molecule has 2 aromatic heterocycles. The lowest BCUT2D eigenvalue weighted by Gasteiger charge is -2.00. The van der Waals surface area contributed by atoms with Crippen LogP contribution >= 0.6 is 0 Å². The minimum Gasteiger partial charge on any atom is -0.497 e. The van der Waals surface area contributed by atoms with E-state index in [1.807, 2.05) is 54.6 Å². The second kappa shape index (κ2) is 6.24. The number of hydrogen-bond acceptors (Lipinski definition) is 3. The number of pyridine rings is 1. The van der Waals surface area contributed by atoms with Crippen molar-refractivity contribution in [2.75, 3.05) is 7.11 Å². The SMILES string of the molecule is COc1ccc(/C=C/C(=O)c2nccc3c2[nH]c2ccccc23)cc1. The highest BCUT2D eigenvalue weighted by atomic mass is 16.5. The highest BCUT2D eigenvalue weighted by molar-refractivity contribution is 6.17. The lowest BCUT2D eigenvalue weighted by molar-refractivity contribution is 0.104. The Hall–Kier alpha value is -3.40. The monoisotopic (exact) mass is 328 g/mol. The number of benzene rings is 2. The molecule has 0 fully saturated rings. The Morgan fingerprint density at radius 2 is 1.84 bits per heavy atom. The maximum Gasteiger partial charge on any atom is 0.206 e. The number of hydrogen-bond donors (Lipinski definition) is 1. The van der Waals surface area contributed by atoms with Gasteiger partial charge in [0.2, 0.25) is 5.78 Å². The molecule has 0 atom stereocenters. The van der Waals surface area contributed by atoms with Crippen molar-refractivity contribution in [3.63, 3.8) is 0 Å². The largest absolute Gasteiger partial charge is 0.497 e. The van der Waals surface area contributed by atoms with Gasteiger partial charge in [0.1, 0.15) is 11.4 Å². The van der Waals surface area contributed by atoms with Crippen molar-refractivity contribution in [2.45, 2.75) is 0 Å². The van der Waals surface area contributed by atoms with E-state index in [4.69, 9.17) is 4.74 Å². The van der Waals surface area contributed by atoms with Crippen LogP contribution in [0.1, 0.15) is 16.1 Å². The van der Waals surface area contributed by atoms with E-state index in [2.05, 4.69) is 9.97 Å². The number of para-hydroxylation sites is 1. The average Bonchev–Trinajstić information content (AvgIpc) is 3.05. The molecule has 0 saturated heterocycles. The zero-order valence-electron chi connectivity index (χ0n) is 13.7. The van der Waals surface area contributed by atoms with Crippen molar-refractivity contribution in [3.8, 4) is 5.75 Å². The molecule has 2 aromatic carbocycles. The summed E-state index contributed by atoms with van der Waals surface area (Å²) in [5.74, 6) is 0.654. The number of aromatic amines is 1. The van der Waals surface area contributed by atoms with Crippen molar-refractivity contribution in [2.24, 2.45) is 0 Å². The summed E-state index contributed by atoms with van der Waals surface area (Å²) < 4.78 is 5.14. The fraction of sp³-hybridized carbons (Fsp3) is 0.0476. The summed E-state index contributed by atoms with van der Waals surface area (Å²) in [6.45, 7) is 0. The second-order valence-corrected chi connectivity index (χ2v) is 5.72. The van der Waals surface area contributed by atoms with E-state index in [1.54, 1.807) is 25.5 Å². The molecule has 25 heavy (non-hydrogen) atoms. The number of nitrogens with zero attached hydrogens (tertiary/aromatic N) is 1. The van der Waals surface area contributed by atoms with Gasteiger partial charge in [0, 0.05) is 22.5 Å². The first-order chi connectivity index (χ1) is 12.3. The number of allylic oxidation sites excluding steroid dienone is 1. The first kappa shape index (κ1) is 15.1. The number of H-pyrrole nitrogens is 1. The van der Waals surface area contributed by atoms with Crippen LogP contribution in [0.2, 0.25) is 0 Å². The van der Waals surface area contributed by atoms with E-state index in [-0.39, 0.29) is 5.78 Å². The third-order valence-corrected chi connectivity index (χ3v) is 4.20. The molecule has 0 aliphatic carbocycles. The van der Waals surface area contributed by atoms with E-state index in [9.17, 15) is 4.79 Å². The Kier molecular flexibility index (Phi) is 3.78. The van der Waals surface area contributed by atoms with Gasteiger partial charge < -0.3 is 9.72 Å². The third kappa shape index (κ3) is 2.78. The molecule has 4 heteroatoms. The Bertz CT molecular complexity index is 1090. The van der Waals surface area contributed by atoms with Crippen LogP contribution in [0.25, 0.3) is 27.9 Å². The van der Waals surface area contributed by atoms with Crippen LogP contribution in [0.4, 0.5) is 0 Å². The molecule has 0 aliphatic heterocycles. The minimum atomic E-state index is -0.132. The second-order valence-electron chi connectivity index (χ2n) is 5.72. The summed E-state index contributed by atoms with van der Waals surface area (Å²) in [6.07, 6.45) is 5.01. The molecular formula is C21H16N2O2. The van der Waals surface area contributed by atoms with Crippen molar-refractivity contribution in [3.05, 3.63) is 78.1 Å². The third-order valence-electron chi connectivity index (χ3n) is 4.20. The summed E-state index contributed by atoms with van der Waals surface area (Å²) in [7, 11) is 1.63. The first-order valence-electron chi connectivity index (χ1n) is 7.98. The van der Waals surface area contributed by atoms with Gasteiger partial charge in [-0.05, 0) is 35.9 Å². The van der Waals surface area contributed by atoms with E-state index in [0.717, 1.165) is 33.1 Å². The normalized spacial score (nSPS) is 11.4. The van der Waals surface area contributed by atoms with Crippen molar-refractivity contribution < 1.29 is 9.53 Å². The van der Waals surface area contributed by atoms with Crippen LogP contribution in [0, 0.1) is 0 Å². The van der Waals surface area contributed by atoms with E-state index >= 15 is 0 Å². The number of methoxy groups -OCH3 is 1. The number of rotatable bonds is 4.